The van der Waals surface area contributed by atoms with Crippen LogP contribution in [0.1, 0.15) is 36.1 Å². The van der Waals surface area contributed by atoms with E-state index in [4.69, 9.17) is 61.0 Å². The predicted molar refractivity (Wildman–Crippen MR) is 240 cm³/mol. The van der Waals surface area contributed by atoms with Gasteiger partial charge in [0.25, 0.3) is 0 Å². The molecule has 0 bridgehead atoms. The average Bonchev–Trinajstić information content (AvgIpc) is 3.66. The van der Waals surface area contributed by atoms with Gasteiger partial charge in [0, 0.05) is 0 Å². The van der Waals surface area contributed by atoms with Gasteiger partial charge in [-0.05, 0) is 0 Å². The number of fused-ring (bicyclic) bond motifs is 1. The Labute approximate surface area is 391 Å². The zero-order chi connectivity index (χ0) is 46.9. The van der Waals surface area contributed by atoms with Gasteiger partial charge < -0.3 is 0 Å². The predicted octanol–water partition coefficient (Wildman–Crippen LogP) is 6.57. The van der Waals surface area contributed by atoms with Crippen molar-refractivity contribution in [1.82, 2.24) is 0 Å². The second-order valence-electron chi connectivity index (χ2n) is 16.4. The molecule has 0 spiro atoms. The van der Waals surface area contributed by atoms with E-state index in [1.165, 1.54) is 14.2 Å². The fourth-order valence-electron chi connectivity index (χ4n) is 8.28. The van der Waals surface area contributed by atoms with Crippen LogP contribution in [-0.2, 0) is 83.6 Å². The summed E-state index contributed by atoms with van der Waals surface area (Å²) >= 11 is -2.08. The molecular weight excluding hydrogens is 944 g/mol. The van der Waals surface area contributed by atoms with Crippen LogP contribution in [0.4, 0.5) is 0 Å². The number of hydrogen-bond donors (Lipinski definition) is 0. The molecule has 0 N–H and O–H groups in total. The van der Waals surface area contributed by atoms with Crippen molar-refractivity contribution in [3.05, 3.63) is 125 Å². The molecule has 0 saturated carbocycles. The molecule has 3 heterocycles. The molecule has 3 aliphatic heterocycles. The summed E-state index contributed by atoms with van der Waals surface area (Å²) in [6.07, 6.45) is -6.91. The fraction of sp³-hybridized carbons (Fsp3) is 0.500. The van der Waals surface area contributed by atoms with E-state index in [1.807, 2.05) is 103 Å². The summed E-state index contributed by atoms with van der Waals surface area (Å²) in [6.45, 7) is 4.49. The van der Waals surface area contributed by atoms with Gasteiger partial charge in [-0.15, -0.1) is 0 Å². The number of ether oxygens (including phenoxy) is 12. The number of benzene rings is 4. The molecule has 0 amide bonds. The van der Waals surface area contributed by atoms with Crippen molar-refractivity contribution < 1.29 is 74.0 Å². The Morgan fingerprint density at radius 3 is 1.62 bits per heavy atom. The molecule has 16 nitrogen and oxygen atoms in total. The Bertz CT molecular complexity index is 2220. The van der Waals surface area contributed by atoms with E-state index < -0.39 is 78.8 Å². The first-order valence-electron chi connectivity index (χ1n) is 21.5. The molecule has 4 aromatic carbocycles. The van der Waals surface area contributed by atoms with Crippen molar-refractivity contribution in [2.75, 3.05) is 42.2 Å². The molecule has 0 aliphatic carbocycles. The number of rotatable bonds is 22. The Balaban J connectivity index is 1.23. The van der Waals surface area contributed by atoms with Crippen LogP contribution in [0.5, 0.6) is 17.2 Å². The van der Waals surface area contributed by atoms with Gasteiger partial charge in [0.05, 0.1) is 0 Å². The first kappa shape index (κ1) is 50.2. The van der Waals surface area contributed by atoms with Crippen molar-refractivity contribution in [3.63, 3.8) is 0 Å². The molecule has 4 aromatic rings. The summed E-state index contributed by atoms with van der Waals surface area (Å²) < 4.78 is 118. The number of hydrogen-bond acceptors (Lipinski definition) is 16. The minimum atomic E-state index is -5.33. The summed E-state index contributed by atoms with van der Waals surface area (Å²) in [5.74, 6) is -0.940. The van der Waals surface area contributed by atoms with E-state index >= 15 is 0 Å². The summed E-state index contributed by atoms with van der Waals surface area (Å²) in [7, 11) is 2.37. The van der Waals surface area contributed by atoms with Crippen molar-refractivity contribution >= 4 is 24.3 Å². The normalized spacial score (nSPS) is 29.8. The van der Waals surface area contributed by atoms with Crippen molar-refractivity contribution in [3.8, 4) is 17.2 Å². The first-order chi connectivity index (χ1) is 31.8. The molecule has 360 valence electrons. The van der Waals surface area contributed by atoms with Gasteiger partial charge in [0.15, 0.2) is 0 Å². The third-order valence-electron chi connectivity index (χ3n) is 12.3. The zero-order valence-electron chi connectivity index (χ0n) is 38.2. The fourth-order valence-corrected chi connectivity index (χ4v) is 15.0. The zero-order valence-corrected chi connectivity index (χ0v) is 40.8. The van der Waals surface area contributed by atoms with Gasteiger partial charge in [-0.3, -0.25) is 0 Å². The van der Waals surface area contributed by atoms with Crippen molar-refractivity contribution in [2.45, 2.75) is 110 Å². The molecule has 0 radical (unpaired) electrons. The standard InChI is InChI=1S/C48H60O16SSe/c1-47(55-6)48(2,56-7)63-45-44(62-47)43(64-65(49,50)51)40(61-46(45)60-28-32-11-9-8-10-12-32)31-66-30-39(58-26-34-15-21-37(53-4)22-16-34)42(59-27-35-17-23-38(54-5)24-18-35)41(66)29-57-25-33-13-19-36(52-3)20-14-33/h8-24,39-46H,25-31H2,1-7H3/t39-,40-,41-,42+,43-,44+,45-,46-,47-,48-,66?/m1/s1. The van der Waals surface area contributed by atoms with E-state index in [9.17, 15) is 13.0 Å². The minimum absolute atomic E-state index is 0.117. The van der Waals surface area contributed by atoms with Crippen LogP contribution in [0, 0.1) is 0 Å². The van der Waals surface area contributed by atoms with Crippen LogP contribution >= 0.6 is 0 Å². The molecule has 18 heteroatoms. The molecule has 3 fully saturated rings. The topological polar surface area (TPSA) is 177 Å². The maximum atomic E-state index is 12.7. The van der Waals surface area contributed by atoms with Crippen LogP contribution in [-0.4, -0.2) is 124 Å². The van der Waals surface area contributed by atoms with Gasteiger partial charge in [-0.2, -0.15) is 0 Å². The average molecular weight is 1000 g/mol. The van der Waals surface area contributed by atoms with Crippen molar-refractivity contribution in [2.24, 2.45) is 0 Å². The molecule has 3 aliphatic rings. The monoisotopic (exact) mass is 1000 g/mol. The second kappa shape index (κ2) is 22.6. The Morgan fingerprint density at radius 2 is 1.11 bits per heavy atom. The van der Waals surface area contributed by atoms with E-state index in [-0.39, 0.29) is 36.6 Å². The molecule has 11 atom stereocenters. The Morgan fingerprint density at radius 1 is 0.621 bits per heavy atom. The molecule has 66 heavy (non-hydrogen) atoms. The third-order valence-corrected chi connectivity index (χ3v) is 18.5. The quantitative estimate of drug-likeness (QED) is 0.0469. The van der Waals surface area contributed by atoms with Gasteiger partial charge in [-0.1, -0.05) is 0 Å². The van der Waals surface area contributed by atoms with Crippen LogP contribution in [0.2, 0.25) is 15.5 Å². The van der Waals surface area contributed by atoms with Gasteiger partial charge in [-0.25, -0.2) is 0 Å². The summed E-state index contributed by atoms with van der Waals surface area (Å²) in [6, 6.07) is 32.5. The van der Waals surface area contributed by atoms with Gasteiger partial charge >= 0.3 is 393 Å². The van der Waals surface area contributed by atoms with Gasteiger partial charge in [0.2, 0.25) is 0 Å². The molecule has 1 unspecified atom stereocenters. The third kappa shape index (κ3) is 12.3. The van der Waals surface area contributed by atoms with Crippen LogP contribution in [0.15, 0.2) is 103 Å². The molecular formula is C48H60O16SSe. The van der Waals surface area contributed by atoms with E-state index in [0.29, 0.717) is 11.9 Å². The summed E-state index contributed by atoms with van der Waals surface area (Å²) in [5, 5.41) is 0.833. The SMILES string of the molecule is COc1ccc(COC[C@@H]2[C@@H](OCc3ccc(OC)cc3)[C@H](OCc3ccc(OC)cc3)C[Se+]2C[C@H]2O[C@@H](OCc3ccccc3)[C@@H]3O[C@@](C)(OC)[C@](C)(OC)O[C@H]3[C@@H]2OS(=O)(=O)[O-])cc1. The van der Waals surface area contributed by atoms with Crippen molar-refractivity contribution in [1.29, 1.82) is 0 Å². The summed E-state index contributed by atoms with van der Waals surface area (Å²) in [5.41, 5.74) is 3.67. The van der Waals surface area contributed by atoms with Crippen LogP contribution < -0.4 is 14.2 Å². The molecule has 7 rings (SSSR count). The Hall–Kier alpha value is -3.69. The van der Waals surface area contributed by atoms with Crippen LogP contribution in [0.3, 0.4) is 0 Å². The maximum absolute atomic E-state index is 12.7. The summed E-state index contributed by atoms with van der Waals surface area (Å²) in [4.78, 5) is -0.221. The second-order valence-corrected chi connectivity index (χ2v) is 22.3. The molecule has 3 saturated heterocycles. The van der Waals surface area contributed by atoms with E-state index in [0.717, 1.165) is 39.5 Å². The number of methoxy groups -OCH3 is 5. The first-order valence-corrected chi connectivity index (χ1v) is 26.3. The Kier molecular flexibility index (Phi) is 17.2. The van der Waals surface area contributed by atoms with Gasteiger partial charge in [0.1, 0.15) is 0 Å². The van der Waals surface area contributed by atoms with E-state index in [1.54, 1.807) is 35.2 Å². The molecule has 0 aromatic heterocycles. The van der Waals surface area contributed by atoms with Crippen LogP contribution in [0.25, 0.3) is 0 Å². The van der Waals surface area contributed by atoms with E-state index in [2.05, 4.69) is 0 Å².